The Morgan fingerprint density at radius 2 is 1.73 bits per heavy atom. The van der Waals surface area contributed by atoms with Crippen molar-refractivity contribution in [1.29, 1.82) is 0 Å². The normalized spacial score (nSPS) is 22.4. The molecule has 3 heterocycles. The highest BCUT2D eigenvalue weighted by Crippen LogP contribution is 2.53. The quantitative estimate of drug-likeness (QED) is 0.285. The van der Waals surface area contributed by atoms with E-state index in [1.165, 1.54) is 0 Å². The fraction of sp³-hybridized carbons (Fsp3) is 0.423. The zero-order valence-electron chi connectivity index (χ0n) is 20.1. The first-order chi connectivity index (χ1) is 17.1. The van der Waals surface area contributed by atoms with Crippen molar-refractivity contribution in [3.63, 3.8) is 0 Å². The topological polar surface area (TPSA) is 48.0 Å². The Hall–Kier alpha value is -2.49. The third-order valence-corrected chi connectivity index (χ3v) is 7.31. The molecule has 37 heavy (non-hydrogen) atoms. The number of hydrogen-bond acceptors (Lipinski definition) is 4. The van der Waals surface area contributed by atoms with Gasteiger partial charge in [0.1, 0.15) is 11.2 Å². The number of carbonyl (C=O) groups is 1. The minimum Gasteiger partial charge on any atom is -0.480 e. The third-order valence-electron chi connectivity index (χ3n) is 6.76. The van der Waals surface area contributed by atoms with Gasteiger partial charge in [-0.2, -0.15) is 13.2 Å². The number of amides is 1. The minimum absolute atomic E-state index is 0.257. The van der Waals surface area contributed by atoms with Gasteiger partial charge in [0.15, 0.2) is 5.82 Å². The first kappa shape index (κ1) is 26.1. The average Bonchev–Trinajstić information content (AvgIpc) is 3.37. The Morgan fingerprint density at radius 1 is 1.08 bits per heavy atom. The van der Waals surface area contributed by atoms with Crippen molar-refractivity contribution in [1.82, 2.24) is 4.90 Å². The van der Waals surface area contributed by atoms with Crippen LogP contribution in [0.1, 0.15) is 49.4 Å². The van der Waals surface area contributed by atoms with E-state index in [1.807, 2.05) is 6.07 Å². The summed E-state index contributed by atoms with van der Waals surface area (Å²) in [5.41, 5.74) is -1.88. The summed E-state index contributed by atoms with van der Waals surface area (Å²) in [6, 6.07) is 7.06. The number of fused-ring (bicyclic) bond motifs is 2. The standard InChI is InChI=1S/C26H23Cl2F4NO4/c1-23(2,3)37-22(34)33-12-24(13-33)18-5-4-14(6-15(18)10-35-24)16-9-25(36-11-16,26(30,31)32)17-7-19(27)21(29)20(28)8-17/h4-8,11H,9-10,12-13H2,1-3H3. The van der Waals surface area contributed by atoms with Crippen LogP contribution in [0.5, 0.6) is 0 Å². The van der Waals surface area contributed by atoms with Crippen molar-refractivity contribution < 1.29 is 36.6 Å². The van der Waals surface area contributed by atoms with Crippen LogP contribution in [-0.2, 0) is 32.0 Å². The fourth-order valence-corrected chi connectivity index (χ4v) is 5.41. The molecule has 2 aromatic carbocycles. The Kier molecular flexibility index (Phi) is 6.01. The van der Waals surface area contributed by atoms with Crippen LogP contribution in [0, 0.1) is 5.82 Å². The molecule has 1 amide bonds. The van der Waals surface area contributed by atoms with Crippen LogP contribution in [0.4, 0.5) is 22.4 Å². The molecule has 11 heteroatoms. The van der Waals surface area contributed by atoms with Crippen LogP contribution >= 0.6 is 23.2 Å². The van der Waals surface area contributed by atoms with Gasteiger partial charge in [0.05, 0.1) is 36.0 Å². The number of likely N-dealkylation sites (tertiary alicyclic amines) is 1. The van der Waals surface area contributed by atoms with Gasteiger partial charge in [-0.3, -0.25) is 0 Å². The summed E-state index contributed by atoms with van der Waals surface area (Å²) in [4.78, 5) is 13.9. The second-order valence-corrected chi connectivity index (χ2v) is 11.3. The van der Waals surface area contributed by atoms with Crippen molar-refractivity contribution in [2.24, 2.45) is 0 Å². The van der Waals surface area contributed by atoms with Crippen molar-refractivity contribution in [3.8, 4) is 0 Å². The molecule has 1 atom stereocenters. The lowest BCUT2D eigenvalue weighted by atomic mass is 9.83. The predicted molar refractivity (Wildman–Crippen MR) is 129 cm³/mol. The highest BCUT2D eigenvalue weighted by molar-refractivity contribution is 6.35. The molecule has 3 aliphatic rings. The molecule has 0 aromatic heterocycles. The lowest BCUT2D eigenvalue weighted by Gasteiger charge is -2.47. The van der Waals surface area contributed by atoms with Gasteiger partial charge < -0.3 is 19.1 Å². The molecule has 0 N–H and O–H groups in total. The second kappa shape index (κ2) is 8.51. The van der Waals surface area contributed by atoms with Gasteiger partial charge in [0, 0.05) is 12.0 Å². The summed E-state index contributed by atoms with van der Waals surface area (Å²) in [6.45, 7) is 6.27. The zero-order chi connectivity index (χ0) is 27.0. The average molecular weight is 560 g/mol. The molecule has 0 radical (unpaired) electrons. The maximum Gasteiger partial charge on any atom is 0.432 e. The molecule has 5 nitrogen and oxygen atoms in total. The van der Waals surface area contributed by atoms with Crippen LogP contribution in [0.25, 0.3) is 5.57 Å². The van der Waals surface area contributed by atoms with Crippen molar-refractivity contribution in [3.05, 3.63) is 74.7 Å². The van der Waals surface area contributed by atoms with Crippen LogP contribution in [0.2, 0.25) is 10.0 Å². The predicted octanol–water partition coefficient (Wildman–Crippen LogP) is 7.33. The Labute approximate surface area is 220 Å². The number of benzene rings is 2. The van der Waals surface area contributed by atoms with E-state index in [0.717, 1.165) is 29.5 Å². The molecule has 1 saturated heterocycles. The summed E-state index contributed by atoms with van der Waals surface area (Å²) in [5, 5.41) is -1.05. The monoisotopic (exact) mass is 559 g/mol. The molecule has 1 unspecified atom stereocenters. The van der Waals surface area contributed by atoms with E-state index in [0.29, 0.717) is 24.2 Å². The van der Waals surface area contributed by atoms with Crippen molar-refractivity contribution >= 4 is 34.9 Å². The molecular formula is C26H23Cl2F4NO4. The molecule has 1 fully saturated rings. The maximum atomic E-state index is 14.3. The number of hydrogen-bond donors (Lipinski definition) is 0. The summed E-state index contributed by atoms with van der Waals surface area (Å²) in [5.74, 6) is -0.996. The molecular weight excluding hydrogens is 537 g/mol. The molecule has 0 aliphatic carbocycles. The fourth-order valence-electron chi connectivity index (χ4n) is 4.92. The van der Waals surface area contributed by atoms with Crippen LogP contribution in [-0.4, -0.2) is 35.9 Å². The molecule has 3 aliphatic heterocycles. The van der Waals surface area contributed by atoms with E-state index in [4.69, 9.17) is 37.4 Å². The largest absolute Gasteiger partial charge is 0.480 e. The van der Waals surface area contributed by atoms with Gasteiger partial charge in [-0.05, 0) is 61.2 Å². The minimum atomic E-state index is -4.84. The molecule has 198 valence electrons. The van der Waals surface area contributed by atoms with Gasteiger partial charge in [0.25, 0.3) is 0 Å². The summed E-state index contributed by atoms with van der Waals surface area (Å²) in [7, 11) is 0. The highest BCUT2D eigenvalue weighted by atomic mass is 35.5. The van der Waals surface area contributed by atoms with Crippen molar-refractivity contribution in [2.75, 3.05) is 13.1 Å². The van der Waals surface area contributed by atoms with E-state index >= 15 is 0 Å². The van der Waals surface area contributed by atoms with E-state index < -0.39 is 51.4 Å². The number of ether oxygens (including phenoxy) is 3. The molecule has 5 rings (SSSR count). The number of carbonyl (C=O) groups excluding carboxylic acids is 1. The summed E-state index contributed by atoms with van der Waals surface area (Å²) < 4.78 is 73.6. The number of rotatable bonds is 2. The van der Waals surface area contributed by atoms with Crippen LogP contribution in [0.15, 0.2) is 36.6 Å². The first-order valence-electron chi connectivity index (χ1n) is 11.5. The SMILES string of the molecule is CC(C)(C)OC(=O)N1CC2(C1)OCc1cc(C3=COC(c4cc(Cl)c(F)c(Cl)c4)(C(F)(F)F)C3)ccc12. The number of nitrogens with zero attached hydrogens (tertiary/aromatic N) is 1. The number of alkyl halides is 3. The lowest BCUT2D eigenvalue weighted by molar-refractivity contribution is -0.260. The maximum absolute atomic E-state index is 14.3. The smallest absolute Gasteiger partial charge is 0.432 e. The molecule has 2 aromatic rings. The molecule has 1 spiro atoms. The second-order valence-electron chi connectivity index (χ2n) is 10.5. The molecule has 0 saturated carbocycles. The highest BCUT2D eigenvalue weighted by Gasteiger charge is 2.61. The van der Waals surface area contributed by atoms with Gasteiger partial charge in [-0.15, -0.1) is 0 Å². The Balaban J connectivity index is 1.37. The van der Waals surface area contributed by atoms with Gasteiger partial charge in [-0.1, -0.05) is 35.3 Å². The van der Waals surface area contributed by atoms with Gasteiger partial charge in [-0.25, -0.2) is 9.18 Å². The Morgan fingerprint density at radius 3 is 2.32 bits per heavy atom. The van der Waals surface area contributed by atoms with E-state index in [-0.39, 0.29) is 12.2 Å². The van der Waals surface area contributed by atoms with E-state index in [9.17, 15) is 22.4 Å². The first-order valence-corrected chi connectivity index (χ1v) is 12.2. The Bertz CT molecular complexity index is 1290. The van der Waals surface area contributed by atoms with Crippen LogP contribution < -0.4 is 0 Å². The summed E-state index contributed by atoms with van der Waals surface area (Å²) >= 11 is 11.6. The third kappa shape index (κ3) is 4.34. The lowest BCUT2D eigenvalue weighted by Crippen LogP contribution is -2.61. The summed E-state index contributed by atoms with van der Waals surface area (Å²) in [6.07, 6.45) is -4.74. The zero-order valence-corrected chi connectivity index (χ0v) is 21.7. The van der Waals surface area contributed by atoms with Crippen molar-refractivity contribution in [2.45, 2.75) is 56.8 Å². The number of halogens is 6. The van der Waals surface area contributed by atoms with Crippen LogP contribution in [0.3, 0.4) is 0 Å². The van der Waals surface area contributed by atoms with Gasteiger partial charge in [0.2, 0.25) is 5.60 Å². The molecule has 0 bridgehead atoms. The van der Waals surface area contributed by atoms with Gasteiger partial charge >= 0.3 is 12.3 Å². The van der Waals surface area contributed by atoms with E-state index in [1.54, 1.807) is 37.8 Å². The van der Waals surface area contributed by atoms with E-state index in [2.05, 4.69) is 0 Å².